The number of hydrogen-bond acceptors (Lipinski definition) is 2. The lowest BCUT2D eigenvalue weighted by molar-refractivity contribution is -0.118. The molecule has 1 aliphatic heterocycles. The molecule has 0 spiro atoms. The van der Waals surface area contributed by atoms with Crippen molar-refractivity contribution in [3.05, 3.63) is 99.0 Å². The summed E-state index contributed by atoms with van der Waals surface area (Å²) in [6, 6.07) is 19.9. The van der Waals surface area contributed by atoms with Crippen molar-refractivity contribution in [3.63, 3.8) is 0 Å². The third-order valence-corrected chi connectivity index (χ3v) is 5.62. The first-order chi connectivity index (χ1) is 13.4. The number of carbonyl (C=O) groups is 2. The van der Waals surface area contributed by atoms with Gasteiger partial charge in [0.15, 0.2) is 5.78 Å². The Balaban J connectivity index is 1.80. The van der Waals surface area contributed by atoms with E-state index in [-0.39, 0.29) is 17.6 Å². The van der Waals surface area contributed by atoms with Crippen LogP contribution in [0.5, 0.6) is 0 Å². The first kappa shape index (κ1) is 18.7. The molecule has 3 nitrogen and oxygen atoms in total. The molecular formula is C23H17Cl2NO2. The SMILES string of the molecule is CN1C(=O)CC(c2cccc(Cl)c2)c2cc(C(=O)c3ccc(Cl)cc3)ccc21. The predicted molar refractivity (Wildman–Crippen MR) is 113 cm³/mol. The van der Waals surface area contributed by atoms with Gasteiger partial charge in [0.05, 0.1) is 0 Å². The van der Waals surface area contributed by atoms with Crippen LogP contribution in [0.15, 0.2) is 66.7 Å². The van der Waals surface area contributed by atoms with Crippen LogP contribution < -0.4 is 4.90 Å². The fraction of sp³-hybridized carbons (Fsp3) is 0.130. The maximum atomic E-state index is 12.9. The van der Waals surface area contributed by atoms with Gasteiger partial charge in [0, 0.05) is 46.2 Å². The lowest BCUT2D eigenvalue weighted by atomic mass is 9.83. The monoisotopic (exact) mass is 409 g/mol. The molecule has 140 valence electrons. The molecular weight excluding hydrogens is 393 g/mol. The smallest absolute Gasteiger partial charge is 0.227 e. The highest BCUT2D eigenvalue weighted by Gasteiger charge is 2.31. The Kier molecular flexibility index (Phi) is 4.96. The maximum Gasteiger partial charge on any atom is 0.227 e. The second-order valence-corrected chi connectivity index (χ2v) is 7.75. The van der Waals surface area contributed by atoms with Gasteiger partial charge in [-0.05, 0) is 65.7 Å². The highest BCUT2D eigenvalue weighted by atomic mass is 35.5. The second-order valence-electron chi connectivity index (χ2n) is 6.87. The molecule has 5 heteroatoms. The van der Waals surface area contributed by atoms with Gasteiger partial charge in [-0.15, -0.1) is 0 Å². The van der Waals surface area contributed by atoms with E-state index in [9.17, 15) is 9.59 Å². The Morgan fingerprint density at radius 1 is 0.929 bits per heavy atom. The summed E-state index contributed by atoms with van der Waals surface area (Å²) in [5.41, 5.74) is 3.88. The fourth-order valence-electron chi connectivity index (χ4n) is 3.62. The van der Waals surface area contributed by atoms with Crippen LogP contribution in [0.25, 0.3) is 0 Å². The molecule has 1 unspecified atom stereocenters. The summed E-state index contributed by atoms with van der Waals surface area (Å²) in [6.07, 6.45) is 0.336. The van der Waals surface area contributed by atoms with Crippen molar-refractivity contribution in [3.8, 4) is 0 Å². The number of anilines is 1. The molecule has 0 fully saturated rings. The highest BCUT2D eigenvalue weighted by molar-refractivity contribution is 6.31. The Morgan fingerprint density at radius 2 is 1.64 bits per heavy atom. The van der Waals surface area contributed by atoms with Gasteiger partial charge in [0.25, 0.3) is 0 Å². The number of halogens is 2. The summed E-state index contributed by atoms with van der Waals surface area (Å²) in [7, 11) is 1.76. The minimum absolute atomic E-state index is 0.0363. The zero-order valence-corrected chi connectivity index (χ0v) is 16.7. The minimum Gasteiger partial charge on any atom is -0.315 e. The van der Waals surface area contributed by atoms with Crippen molar-refractivity contribution in [1.82, 2.24) is 0 Å². The third kappa shape index (κ3) is 3.44. The van der Waals surface area contributed by atoms with Crippen molar-refractivity contribution in [1.29, 1.82) is 0 Å². The summed E-state index contributed by atoms with van der Waals surface area (Å²) in [5, 5.41) is 1.21. The van der Waals surface area contributed by atoms with Gasteiger partial charge in [-0.1, -0.05) is 35.3 Å². The third-order valence-electron chi connectivity index (χ3n) is 5.14. The molecule has 3 aromatic carbocycles. The van der Waals surface area contributed by atoms with Gasteiger partial charge in [-0.2, -0.15) is 0 Å². The van der Waals surface area contributed by atoms with E-state index in [1.54, 1.807) is 42.3 Å². The number of benzene rings is 3. The summed E-state index contributed by atoms with van der Waals surface area (Å²) in [5.74, 6) is -0.187. The number of rotatable bonds is 3. The second kappa shape index (κ2) is 7.42. The highest BCUT2D eigenvalue weighted by Crippen LogP contribution is 2.40. The first-order valence-corrected chi connectivity index (χ1v) is 9.66. The van der Waals surface area contributed by atoms with Crippen LogP contribution in [0.1, 0.15) is 39.4 Å². The number of fused-ring (bicyclic) bond motifs is 1. The molecule has 4 rings (SSSR count). The van der Waals surface area contributed by atoms with Crippen molar-refractivity contribution in [2.45, 2.75) is 12.3 Å². The van der Waals surface area contributed by atoms with Crippen LogP contribution in [0.4, 0.5) is 5.69 Å². The fourth-order valence-corrected chi connectivity index (χ4v) is 3.95. The van der Waals surface area contributed by atoms with E-state index in [2.05, 4.69) is 0 Å². The van der Waals surface area contributed by atoms with Crippen LogP contribution >= 0.6 is 23.2 Å². The van der Waals surface area contributed by atoms with Crippen LogP contribution in [0.2, 0.25) is 10.0 Å². The maximum absolute atomic E-state index is 12.9. The molecule has 0 bridgehead atoms. The minimum atomic E-state index is -0.143. The number of hydrogen-bond donors (Lipinski definition) is 0. The normalized spacial score (nSPS) is 16.0. The van der Waals surface area contributed by atoms with Crippen molar-refractivity contribution in [2.75, 3.05) is 11.9 Å². The van der Waals surface area contributed by atoms with Crippen molar-refractivity contribution >= 4 is 40.6 Å². The Morgan fingerprint density at radius 3 is 2.36 bits per heavy atom. The summed E-state index contributed by atoms with van der Waals surface area (Å²) in [4.78, 5) is 27.1. The zero-order chi connectivity index (χ0) is 19.8. The van der Waals surface area contributed by atoms with Gasteiger partial charge in [0.1, 0.15) is 0 Å². The van der Waals surface area contributed by atoms with E-state index in [0.29, 0.717) is 27.6 Å². The van der Waals surface area contributed by atoms with Gasteiger partial charge >= 0.3 is 0 Å². The molecule has 1 heterocycles. The van der Waals surface area contributed by atoms with E-state index in [0.717, 1.165) is 16.8 Å². The van der Waals surface area contributed by atoms with Gasteiger partial charge < -0.3 is 4.90 Å². The van der Waals surface area contributed by atoms with E-state index in [1.807, 2.05) is 36.4 Å². The quantitative estimate of drug-likeness (QED) is 0.518. The average molecular weight is 410 g/mol. The average Bonchev–Trinajstić information content (AvgIpc) is 2.70. The van der Waals surface area contributed by atoms with Crippen LogP contribution in [0, 0.1) is 0 Å². The molecule has 3 aromatic rings. The van der Waals surface area contributed by atoms with E-state index < -0.39 is 0 Å². The van der Waals surface area contributed by atoms with Crippen LogP contribution in [-0.2, 0) is 4.79 Å². The summed E-state index contributed by atoms with van der Waals surface area (Å²) < 4.78 is 0. The predicted octanol–water partition coefficient (Wildman–Crippen LogP) is 5.72. The standard InChI is InChI=1S/C23H17Cl2NO2/c1-26-21-10-7-16(23(28)14-5-8-17(24)9-6-14)12-20(21)19(13-22(26)27)15-3-2-4-18(25)11-15/h2-12,19H,13H2,1H3. The van der Waals surface area contributed by atoms with E-state index >= 15 is 0 Å². The number of ketones is 1. The number of nitrogens with zero attached hydrogens (tertiary/aromatic N) is 1. The summed E-state index contributed by atoms with van der Waals surface area (Å²) in [6.45, 7) is 0. The van der Waals surface area contributed by atoms with Gasteiger partial charge in [-0.3, -0.25) is 9.59 Å². The van der Waals surface area contributed by atoms with Crippen molar-refractivity contribution in [2.24, 2.45) is 0 Å². The lowest BCUT2D eigenvalue weighted by Gasteiger charge is -2.32. The molecule has 0 aliphatic carbocycles. The van der Waals surface area contributed by atoms with Crippen LogP contribution in [-0.4, -0.2) is 18.7 Å². The summed E-state index contributed by atoms with van der Waals surface area (Å²) >= 11 is 12.1. The molecule has 1 aliphatic rings. The number of amides is 1. The van der Waals surface area contributed by atoms with Crippen LogP contribution in [0.3, 0.4) is 0 Å². The largest absolute Gasteiger partial charge is 0.315 e. The Hall–Kier alpha value is -2.62. The van der Waals surface area contributed by atoms with Gasteiger partial charge in [-0.25, -0.2) is 0 Å². The molecule has 1 atom stereocenters. The van der Waals surface area contributed by atoms with E-state index in [4.69, 9.17) is 23.2 Å². The molecule has 0 aromatic heterocycles. The Labute approximate surface area is 173 Å². The van der Waals surface area contributed by atoms with Gasteiger partial charge in [0.2, 0.25) is 5.91 Å². The molecule has 0 saturated carbocycles. The molecule has 0 radical (unpaired) electrons. The van der Waals surface area contributed by atoms with Crippen molar-refractivity contribution < 1.29 is 9.59 Å². The van der Waals surface area contributed by atoms with E-state index in [1.165, 1.54) is 0 Å². The molecule has 1 amide bonds. The number of carbonyl (C=O) groups excluding carboxylic acids is 2. The zero-order valence-electron chi connectivity index (χ0n) is 15.2. The lowest BCUT2D eigenvalue weighted by Crippen LogP contribution is -2.33. The molecule has 0 N–H and O–H groups in total. The molecule has 28 heavy (non-hydrogen) atoms. The molecule has 0 saturated heterocycles. The topological polar surface area (TPSA) is 37.4 Å². The first-order valence-electron chi connectivity index (χ1n) is 8.90. The Bertz CT molecular complexity index is 1080.